The third kappa shape index (κ3) is 2.78. The van der Waals surface area contributed by atoms with Gasteiger partial charge in [-0.15, -0.1) is 11.3 Å². The van der Waals surface area contributed by atoms with Gasteiger partial charge < -0.3 is 4.74 Å². The van der Waals surface area contributed by atoms with E-state index in [-0.39, 0.29) is 6.10 Å². The van der Waals surface area contributed by atoms with Gasteiger partial charge in [-0.1, -0.05) is 13.8 Å². The molecule has 0 aliphatic carbocycles. The number of aryl methyl sites for hydroxylation is 1. The second-order valence-electron chi connectivity index (χ2n) is 3.45. The lowest BCUT2D eigenvalue weighted by Crippen LogP contribution is -2.10. The highest BCUT2D eigenvalue weighted by atomic mass is 32.1. The summed E-state index contributed by atoms with van der Waals surface area (Å²) in [4.78, 5) is 4.44. The molecule has 1 heterocycles. The van der Waals surface area contributed by atoms with Crippen LogP contribution in [0.5, 0.6) is 0 Å². The molecule has 0 bridgehead atoms. The first kappa shape index (κ1) is 10.7. The van der Waals surface area contributed by atoms with Crippen molar-refractivity contribution in [3.05, 3.63) is 16.1 Å². The van der Waals surface area contributed by atoms with E-state index < -0.39 is 0 Å². The van der Waals surface area contributed by atoms with Crippen LogP contribution in [0.1, 0.15) is 37.6 Å². The molecule has 1 unspecified atom stereocenters. The van der Waals surface area contributed by atoms with Crippen molar-refractivity contribution in [3.8, 4) is 0 Å². The molecule has 0 aliphatic heterocycles. The maximum atomic E-state index is 5.65. The molecular weight excluding hydrogens is 182 g/mol. The van der Waals surface area contributed by atoms with Crippen molar-refractivity contribution in [2.24, 2.45) is 5.92 Å². The zero-order valence-corrected chi connectivity index (χ0v) is 9.52. The summed E-state index contributed by atoms with van der Waals surface area (Å²) in [5.41, 5.74) is 1.09. The topological polar surface area (TPSA) is 22.1 Å². The number of hydrogen-bond donors (Lipinski definition) is 0. The predicted octanol–water partition coefficient (Wildman–Crippen LogP) is 3.19. The molecule has 1 rings (SSSR count). The fourth-order valence-corrected chi connectivity index (χ4v) is 2.25. The monoisotopic (exact) mass is 199 g/mol. The molecule has 0 amide bonds. The number of nitrogens with zero attached hydrogens (tertiary/aromatic N) is 1. The quantitative estimate of drug-likeness (QED) is 0.743. The molecular formula is C10H17NOS. The first-order valence-electron chi connectivity index (χ1n) is 4.68. The van der Waals surface area contributed by atoms with Crippen LogP contribution >= 0.6 is 11.3 Å². The zero-order valence-electron chi connectivity index (χ0n) is 8.70. The Hall–Kier alpha value is -0.410. The van der Waals surface area contributed by atoms with E-state index in [1.54, 1.807) is 11.3 Å². The Morgan fingerprint density at radius 1 is 1.54 bits per heavy atom. The molecule has 74 valence electrons. The highest BCUT2D eigenvalue weighted by Crippen LogP contribution is 2.28. The van der Waals surface area contributed by atoms with E-state index in [1.807, 2.05) is 13.8 Å². The van der Waals surface area contributed by atoms with E-state index in [2.05, 4.69) is 24.2 Å². The van der Waals surface area contributed by atoms with Crippen LogP contribution in [0.2, 0.25) is 0 Å². The van der Waals surface area contributed by atoms with Gasteiger partial charge in [0.1, 0.15) is 11.1 Å². The molecule has 0 radical (unpaired) electrons. The van der Waals surface area contributed by atoms with Crippen molar-refractivity contribution in [1.29, 1.82) is 0 Å². The lowest BCUT2D eigenvalue weighted by molar-refractivity contribution is 0.0292. The molecule has 3 heteroatoms. The van der Waals surface area contributed by atoms with Crippen molar-refractivity contribution in [2.75, 3.05) is 6.61 Å². The van der Waals surface area contributed by atoms with Gasteiger partial charge in [-0.25, -0.2) is 4.98 Å². The van der Waals surface area contributed by atoms with Gasteiger partial charge in [-0.05, 0) is 19.8 Å². The normalized spacial score (nSPS) is 13.6. The SMILES string of the molecule is CCOC(c1nc(C)cs1)C(C)C. The minimum Gasteiger partial charge on any atom is -0.371 e. The molecule has 0 saturated carbocycles. The van der Waals surface area contributed by atoms with E-state index in [4.69, 9.17) is 4.74 Å². The second-order valence-corrected chi connectivity index (χ2v) is 4.34. The van der Waals surface area contributed by atoms with Crippen LogP contribution in [-0.4, -0.2) is 11.6 Å². The second kappa shape index (κ2) is 4.72. The lowest BCUT2D eigenvalue weighted by Gasteiger charge is -2.17. The Kier molecular flexibility index (Phi) is 3.88. The Bertz CT molecular complexity index is 257. The minimum atomic E-state index is 0.170. The first-order valence-corrected chi connectivity index (χ1v) is 5.56. The molecule has 1 aromatic heterocycles. The van der Waals surface area contributed by atoms with Crippen molar-refractivity contribution < 1.29 is 4.74 Å². The largest absolute Gasteiger partial charge is 0.371 e. The average Bonchev–Trinajstić information content (AvgIpc) is 2.46. The van der Waals surface area contributed by atoms with Crippen LogP contribution in [0.25, 0.3) is 0 Å². The summed E-state index contributed by atoms with van der Waals surface area (Å²) in [6, 6.07) is 0. The van der Waals surface area contributed by atoms with Gasteiger partial charge in [-0.3, -0.25) is 0 Å². The van der Waals surface area contributed by atoms with E-state index in [9.17, 15) is 0 Å². The molecule has 1 atom stereocenters. The number of hydrogen-bond acceptors (Lipinski definition) is 3. The summed E-state index contributed by atoms with van der Waals surface area (Å²) in [5.74, 6) is 0.491. The maximum Gasteiger partial charge on any atom is 0.122 e. The number of aromatic nitrogens is 1. The summed E-state index contributed by atoms with van der Waals surface area (Å²) >= 11 is 1.69. The molecule has 0 spiro atoms. The van der Waals surface area contributed by atoms with Crippen LogP contribution in [0, 0.1) is 12.8 Å². The van der Waals surface area contributed by atoms with Crippen molar-refractivity contribution in [1.82, 2.24) is 4.98 Å². The van der Waals surface area contributed by atoms with E-state index in [0.29, 0.717) is 5.92 Å². The van der Waals surface area contributed by atoms with Gasteiger partial charge in [0.2, 0.25) is 0 Å². The first-order chi connectivity index (χ1) is 6.15. The van der Waals surface area contributed by atoms with Gasteiger partial charge in [0.05, 0.1) is 0 Å². The molecule has 13 heavy (non-hydrogen) atoms. The Morgan fingerprint density at radius 3 is 2.62 bits per heavy atom. The lowest BCUT2D eigenvalue weighted by atomic mass is 10.1. The van der Waals surface area contributed by atoms with E-state index in [0.717, 1.165) is 17.3 Å². The summed E-state index contributed by atoms with van der Waals surface area (Å²) < 4.78 is 5.65. The Morgan fingerprint density at radius 2 is 2.23 bits per heavy atom. The summed E-state index contributed by atoms with van der Waals surface area (Å²) in [5, 5.41) is 3.18. The molecule has 0 N–H and O–H groups in total. The predicted molar refractivity (Wildman–Crippen MR) is 56.1 cm³/mol. The fraction of sp³-hybridized carbons (Fsp3) is 0.700. The van der Waals surface area contributed by atoms with Gasteiger partial charge in [0, 0.05) is 17.7 Å². The summed E-state index contributed by atoms with van der Waals surface area (Å²) in [6.45, 7) is 9.12. The smallest absolute Gasteiger partial charge is 0.122 e. The fourth-order valence-electron chi connectivity index (χ4n) is 1.23. The number of rotatable bonds is 4. The number of ether oxygens (including phenoxy) is 1. The van der Waals surface area contributed by atoms with Crippen LogP contribution in [0.15, 0.2) is 5.38 Å². The van der Waals surface area contributed by atoms with Crippen molar-refractivity contribution in [2.45, 2.75) is 33.8 Å². The standard InChI is InChI=1S/C10H17NOS/c1-5-12-9(7(2)3)10-11-8(4)6-13-10/h6-7,9H,5H2,1-4H3. The third-order valence-corrected chi connectivity index (χ3v) is 2.86. The summed E-state index contributed by atoms with van der Waals surface area (Å²) in [7, 11) is 0. The van der Waals surface area contributed by atoms with Crippen LogP contribution in [0.3, 0.4) is 0 Å². The minimum absolute atomic E-state index is 0.170. The number of thiazole rings is 1. The van der Waals surface area contributed by atoms with Gasteiger partial charge >= 0.3 is 0 Å². The van der Waals surface area contributed by atoms with Crippen molar-refractivity contribution >= 4 is 11.3 Å². The van der Waals surface area contributed by atoms with Gasteiger partial charge in [-0.2, -0.15) is 0 Å². The van der Waals surface area contributed by atoms with Crippen LogP contribution in [-0.2, 0) is 4.74 Å². The Balaban J connectivity index is 2.75. The molecule has 0 aliphatic rings. The highest BCUT2D eigenvalue weighted by Gasteiger charge is 2.18. The molecule has 0 aromatic carbocycles. The summed E-state index contributed by atoms with van der Waals surface area (Å²) in [6.07, 6.45) is 0.170. The molecule has 0 fully saturated rings. The average molecular weight is 199 g/mol. The van der Waals surface area contributed by atoms with Crippen LogP contribution < -0.4 is 0 Å². The van der Waals surface area contributed by atoms with Crippen LogP contribution in [0.4, 0.5) is 0 Å². The Labute approximate surface area is 84.0 Å². The van der Waals surface area contributed by atoms with E-state index >= 15 is 0 Å². The van der Waals surface area contributed by atoms with Gasteiger partial charge in [0.15, 0.2) is 0 Å². The van der Waals surface area contributed by atoms with E-state index in [1.165, 1.54) is 0 Å². The van der Waals surface area contributed by atoms with Gasteiger partial charge in [0.25, 0.3) is 0 Å². The maximum absolute atomic E-state index is 5.65. The molecule has 1 aromatic rings. The molecule has 2 nitrogen and oxygen atoms in total. The third-order valence-electron chi connectivity index (χ3n) is 1.83. The molecule has 0 saturated heterocycles. The zero-order chi connectivity index (χ0) is 9.84. The highest BCUT2D eigenvalue weighted by molar-refractivity contribution is 7.09. The van der Waals surface area contributed by atoms with Crippen molar-refractivity contribution in [3.63, 3.8) is 0 Å².